The van der Waals surface area contributed by atoms with E-state index in [2.05, 4.69) is 15.0 Å². The second-order valence-electron chi connectivity index (χ2n) is 7.34. The van der Waals surface area contributed by atoms with Crippen LogP contribution >= 0.6 is 0 Å². The van der Waals surface area contributed by atoms with Gasteiger partial charge in [-0.1, -0.05) is 6.07 Å². The lowest BCUT2D eigenvalue weighted by Crippen LogP contribution is -2.47. The maximum Gasteiger partial charge on any atom is 0.290 e. The molecule has 1 aromatic carbocycles. The molecule has 0 saturated carbocycles. The highest BCUT2D eigenvalue weighted by atomic mass is 19.3. The summed E-state index contributed by atoms with van der Waals surface area (Å²) in [5.74, 6) is -2.56. The lowest BCUT2D eigenvalue weighted by atomic mass is 10.0. The van der Waals surface area contributed by atoms with Gasteiger partial charge in [0.25, 0.3) is 11.5 Å². The number of halogens is 2. The Balaban J connectivity index is 1.73. The Bertz CT molecular complexity index is 1120. The van der Waals surface area contributed by atoms with Gasteiger partial charge in [0.05, 0.1) is 5.69 Å². The van der Waals surface area contributed by atoms with Crippen LogP contribution in [0.3, 0.4) is 0 Å². The fourth-order valence-electron chi connectivity index (χ4n) is 3.93. The van der Waals surface area contributed by atoms with E-state index in [-0.39, 0.29) is 30.1 Å². The minimum atomic E-state index is -2.93. The third-order valence-electron chi connectivity index (χ3n) is 5.65. The van der Waals surface area contributed by atoms with Crippen molar-refractivity contribution in [2.75, 3.05) is 11.4 Å². The van der Waals surface area contributed by atoms with Crippen molar-refractivity contribution in [2.24, 2.45) is 0 Å². The maximum atomic E-state index is 14.4. The van der Waals surface area contributed by atoms with Crippen LogP contribution in [-0.2, 0) is 12.3 Å². The molecule has 0 unspecified atom stereocenters. The van der Waals surface area contributed by atoms with E-state index in [0.717, 1.165) is 23.9 Å². The summed E-state index contributed by atoms with van der Waals surface area (Å²) in [5, 5.41) is 1.32. The minimum absolute atomic E-state index is 0.146. The van der Waals surface area contributed by atoms with Crippen LogP contribution in [0.4, 0.5) is 14.7 Å². The molecule has 27 heavy (non-hydrogen) atoms. The van der Waals surface area contributed by atoms with E-state index in [1.807, 2.05) is 17.9 Å². The Kier molecular flexibility index (Phi) is 3.38. The van der Waals surface area contributed by atoms with Gasteiger partial charge in [0.15, 0.2) is 0 Å². The maximum absolute atomic E-state index is 14.4. The third-order valence-corrected chi connectivity index (χ3v) is 5.65. The first-order valence-electron chi connectivity index (χ1n) is 9.12. The zero-order chi connectivity index (χ0) is 18.8. The number of nitrogens with zero attached hydrogens (tertiary/aromatic N) is 3. The van der Waals surface area contributed by atoms with Gasteiger partial charge in [-0.3, -0.25) is 4.79 Å². The van der Waals surface area contributed by atoms with Gasteiger partial charge in [-0.2, -0.15) is 8.78 Å². The number of fused-ring (bicyclic) bond motifs is 2. The largest absolute Gasteiger partial charge is 0.338 e. The van der Waals surface area contributed by atoms with Crippen molar-refractivity contribution in [2.45, 2.75) is 38.2 Å². The minimum Gasteiger partial charge on any atom is -0.338 e. The first kappa shape index (κ1) is 16.4. The van der Waals surface area contributed by atoms with Crippen LogP contribution in [0.15, 0.2) is 35.3 Å². The average molecular weight is 368 g/mol. The number of anilines is 1. The predicted molar refractivity (Wildman–Crippen MR) is 99.2 cm³/mol. The van der Waals surface area contributed by atoms with Crippen LogP contribution in [0.5, 0.6) is 0 Å². The zero-order valence-electron chi connectivity index (χ0n) is 14.8. The highest BCUT2D eigenvalue weighted by Gasteiger charge is 2.44. The standard InChI is InChI=1S/C20H18F2N4O/c1-11-6-9-26(11)19-24-16(15-4-7-20(21,22)17(15)25-19)13-2-3-14-12(10-13)5-8-23-18(14)27/h2-3,5,8,10-11H,4,6-7,9H2,1H3,(H,23,27)/t11-/m0/s1. The predicted octanol–water partition coefficient (Wildman–Crippen LogP) is 3.62. The molecule has 1 atom stereocenters. The van der Waals surface area contributed by atoms with E-state index in [4.69, 9.17) is 0 Å². The van der Waals surface area contributed by atoms with Gasteiger partial charge >= 0.3 is 0 Å². The van der Waals surface area contributed by atoms with Gasteiger partial charge in [-0.15, -0.1) is 0 Å². The van der Waals surface area contributed by atoms with Crippen molar-refractivity contribution in [3.8, 4) is 11.3 Å². The summed E-state index contributed by atoms with van der Waals surface area (Å²) < 4.78 is 28.9. The first-order chi connectivity index (χ1) is 12.9. The zero-order valence-corrected chi connectivity index (χ0v) is 14.8. The van der Waals surface area contributed by atoms with E-state index in [1.165, 1.54) is 0 Å². The second-order valence-corrected chi connectivity index (χ2v) is 7.34. The Labute approximate surface area is 154 Å². The summed E-state index contributed by atoms with van der Waals surface area (Å²) in [4.78, 5) is 25.5. The van der Waals surface area contributed by atoms with Gasteiger partial charge in [-0.05, 0) is 43.4 Å². The number of rotatable bonds is 2. The van der Waals surface area contributed by atoms with Crippen molar-refractivity contribution < 1.29 is 8.78 Å². The number of nitrogens with one attached hydrogen (secondary N) is 1. The fourth-order valence-corrected chi connectivity index (χ4v) is 3.93. The van der Waals surface area contributed by atoms with Gasteiger partial charge in [0.1, 0.15) is 5.69 Å². The van der Waals surface area contributed by atoms with E-state index in [1.54, 1.807) is 24.4 Å². The molecule has 2 aromatic heterocycles. The molecular formula is C20H18F2N4O. The van der Waals surface area contributed by atoms with Gasteiger partial charge in [-0.25, -0.2) is 9.97 Å². The topological polar surface area (TPSA) is 61.9 Å². The van der Waals surface area contributed by atoms with Crippen molar-refractivity contribution in [3.05, 3.63) is 52.1 Å². The molecule has 0 amide bonds. The summed E-state index contributed by atoms with van der Waals surface area (Å²) in [6.07, 6.45) is 2.60. The van der Waals surface area contributed by atoms with Crippen molar-refractivity contribution in [1.29, 1.82) is 0 Å². The quantitative estimate of drug-likeness (QED) is 0.750. The van der Waals surface area contributed by atoms with Crippen LogP contribution in [0.25, 0.3) is 22.0 Å². The van der Waals surface area contributed by atoms with Crippen LogP contribution in [0.2, 0.25) is 0 Å². The van der Waals surface area contributed by atoms with Crippen LogP contribution in [-0.4, -0.2) is 27.5 Å². The molecule has 5 rings (SSSR count). The lowest BCUT2D eigenvalue weighted by molar-refractivity contribution is -0.00595. The van der Waals surface area contributed by atoms with E-state index < -0.39 is 5.92 Å². The molecule has 1 saturated heterocycles. The van der Waals surface area contributed by atoms with Gasteiger partial charge < -0.3 is 9.88 Å². The molecule has 3 heterocycles. The van der Waals surface area contributed by atoms with Crippen LogP contribution < -0.4 is 10.5 Å². The Morgan fingerprint density at radius 3 is 2.85 bits per heavy atom. The molecule has 2 aliphatic rings. The number of aromatic amines is 1. The molecule has 138 valence electrons. The summed E-state index contributed by atoms with van der Waals surface area (Å²) in [5.41, 5.74) is 1.48. The number of aromatic nitrogens is 3. The molecule has 3 aromatic rings. The normalized spacial score (nSPS) is 20.6. The lowest BCUT2D eigenvalue weighted by Gasteiger charge is -2.39. The molecule has 1 aliphatic heterocycles. The summed E-state index contributed by atoms with van der Waals surface area (Å²) in [7, 11) is 0. The fraction of sp³-hybridized carbons (Fsp3) is 0.350. The monoisotopic (exact) mass is 368 g/mol. The third kappa shape index (κ3) is 2.44. The molecule has 0 radical (unpaired) electrons. The van der Waals surface area contributed by atoms with Crippen LogP contribution in [0, 0.1) is 0 Å². The van der Waals surface area contributed by atoms with Crippen LogP contribution in [0.1, 0.15) is 31.0 Å². The highest BCUT2D eigenvalue weighted by Crippen LogP contribution is 2.45. The molecule has 1 fully saturated rings. The summed E-state index contributed by atoms with van der Waals surface area (Å²) in [6, 6.07) is 7.39. The SMILES string of the molecule is C[C@H]1CCN1c1nc(-c2ccc3c(=O)[nH]ccc3c2)c2c(n1)C(F)(F)CC2. The highest BCUT2D eigenvalue weighted by molar-refractivity contribution is 5.86. The Morgan fingerprint density at radius 1 is 1.26 bits per heavy atom. The van der Waals surface area contributed by atoms with Gasteiger partial charge in [0.2, 0.25) is 5.95 Å². The Morgan fingerprint density at radius 2 is 2.11 bits per heavy atom. The summed E-state index contributed by atoms with van der Waals surface area (Å²) >= 11 is 0. The number of benzene rings is 1. The second kappa shape index (κ2) is 5.58. The molecular weight excluding hydrogens is 350 g/mol. The van der Waals surface area contributed by atoms with E-state index in [9.17, 15) is 13.6 Å². The first-order valence-corrected chi connectivity index (χ1v) is 9.12. The molecule has 7 heteroatoms. The Hall–Kier alpha value is -2.83. The van der Waals surface area contributed by atoms with E-state index >= 15 is 0 Å². The number of alkyl halides is 2. The number of hydrogen-bond donors (Lipinski definition) is 1. The van der Waals surface area contributed by atoms with Crippen molar-refractivity contribution in [3.63, 3.8) is 0 Å². The van der Waals surface area contributed by atoms with Gasteiger partial charge in [0, 0.05) is 41.7 Å². The molecule has 0 bridgehead atoms. The van der Waals surface area contributed by atoms with Crippen molar-refractivity contribution >= 4 is 16.7 Å². The average Bonchev–Trinajstić information content (AvgIpc) is 2.95. The smallest absolute Gasteiger partial charge is 0.290 e. The molecule has 0 spiro atoms. The molecule has 1 N–H and O–H groups in total. The molecule has 5 nitrogen and oxygen atoms in total. The van der Waals surface area contributed by atoms with E-state index in [0.29, 0.717) is 22.6 Å². The number of hydrogen-bond acceptors (Lipinski definition) is 4. The summed E-state index contributed by atoms with van der Waals surface area (Å²) in [6.45, 7) is 2.82. The van der Waals surface area contributed by atoms with Crippen molar-refractivity contribution in [1.82, 2.24) is 15.0 Å². The number of H-pyrrole nitrogens is 1. The number of pyridine rings is 1. The molecule has 1 aliphatic carbocycles.